The average molecular weight is 236 g/mol. The maximum Gasteiger partial charge on any atom is 0.138 e. The third-order valence-corrected chi connectivity index (χ3v) is 3.69. The highest BCUT2D eigenvalue weighted by Crippen LogP contribution is 2.39. The summed E-state index contributed by atoms with van der Waals surface area (Å²) in [7, 11) is 0. The maximum atomic E-state index is 6.02. The Morgan fingerprint density at radius 1 is 1.59 bits per heavy atom. The van der Waals surface area contributed by atoms with Crippen molar-refractivity contribution in [3.63, 3.8) is 0 Å². The molecule has 1 aliphatic carbocycles. The number of hydrogen-bond acceptors (Lipinski definition) is 3. The van der Waals surface area contributed by atoms with E-state index in [0.717, 1.165) is 31.6 Å². The lowest BCUT2D eigenvalue weighted by Crippen LogP contribution is -2.23. The number of aromatic nitrogens is 3. The summed E-state index contributed by atoms with van der Waals surface area (Å²) in [4.78, 5) is 4.41. The number of nitrogens with two attached hydrogens (primary N) is 1. The normalized spacial score (nSPS) is 29.1. The van der Waals surface area contributed by atoms with Crippen LogP contribution in [0.2, 0.25) is 0 Å². The summed E-state index contributed by atoms with van der Waals surface area (Å²) in [6.45, 7) is 7.70. The lowest BCUT2D eigenvalue weighted by Gasteiger charge is -2.23. The highest BCUT2D eigenvalue weighted by atomic mass is 15.3. The highest BCUT2D eigenvalue weighted by molar-refractivity contribution is 4.97. The van der Waals surface area contributed by atoms with Gasteiger partial charge in [0.25, 0.3) is 0 Å². The van der Waals surface area contributed by atoms with Crippen molar-refractivity contribution in [2.75, 3.05) is 0 Å². The van der Waals surface area contributed by atoms with Crippen molar-refractivity contribution in [3.05, 3.63) is 12.2 Å². The van der Waals surface area contributed by atoms with Crippen molar-refractivity contribution < 1.29 is 0 Å². The van der Waals surface area contributed by atoms with Crippen LogP contribution in [0.15, 0.2) is 6.33 Å². The molecule has 1 fully saturated rings. The molecule has 0 spiro atoms. The maximum absolute atomic E-state index is 6.02. The monoisotopic (exact) mass is 236 g/mol. The van der Waals surface area contributed by atoms with Gasteiger partial charge in [-0.1, -0.05) is 20.8 Å². The van der Waals surface area contributed by atoms with Gasteiger partial charge in [-0.15, -0.1) is 0 Å². The van der Waals surface area contributed by atoms with Crippen molar-refractivity contribution in [1.29, 1.82) is 0 Å². The van der Waals surface area contributed by atoms with Crippen LogP contribution in [0.4, 0.5) is 0 Å². The van der Waals surface area contributed by atoms with Crippen molar-refractivity contribution in [1.82, 2.24) is 14.8 Å². The minimum atomic E-state index is 0.321. The van der Waals surface area contributed by atoms with Gasteiger partial charge in [-0.25, -0.2) is 9.67 Å². The van der Waals surface area contributed by atoms with Crippen LogP contribution >= 0.6 is 0 Å². The van der Waals surface area contributed by atoms with Gasteiger partial charge in [0.2, 0.25) is 0 Å². The van der Waals surface area contributed by atoms with Gasteiger partial charge in [0.15, 0.2) is 0 Å². The third-order valence-electron chi connectivity index (χ3n) is 3.69. The zero-order valence-electron chi connectivity index (χ0n) is 11.2. The fourth-order valence-electron chi connectivity index (χ4n) is 2.84. The molecule has 0 saturated heterocycles. The summed E-state index contributed by atoms with van der Waals surface area (Å²) in [5.41, 5.74) is 6.34. The summed E-state index contributed by atoms with van der Waals surface area (Å²) in [6, 6.07) is 0.376. The van der Waals surface area contributed by atoms with E-state index in [0.29, 0.717) is 17.4 Å². The Bertz CT molecular complexity index is 371. The van der Waals surface area contributed by atoms with Gasteiger partial charge in [0.1, 0.15) is 12.2 Å². The molecule has 0 bridgehead atoms. The molecule has 1 aromatic rings. The molecule has 0 aromatic carbocycles. The molecule has 4 nitrogen and oxygen atoms in total. The van der Waals surface area contributed by atoms with Crippen LogP contribution in [0.5, 0.6) is 0 Å². The Hall–Kier alpha value is -0.900. The Morgan fingerprint density at radius 2 is 2.35 bits per heavy atom. The van der Waals surface area contributed by atoms with Crippen LogP contribution in [-0.4, -0.2) is 20.8 Å². The van der Waals surface area contributed by atoms with E-state index >= 15 is 0 Å². The molecule has 2 N–H and O–H groups in total. The van der Waals surface area contributed by atoms with E-state index in [2.05, 4.69) is 35.5 Å². The molecular weight excluding hydrogens is 212 g/mol. The van der Waals surface area contributed by atoms with Gasteiger partial charge in [0, 0.05) is 19.0 Å². The molecule has 2 unspecified atom stereocenters. The molecule has 2 atom stereocenters. The molecule has 1 aromatic heterocycles. The zero-order chi connectivity index (χ0) is 12.5. The summed E-state index contributed by atoms with van der Waals surface area (Å²) in [5.74, 6) is 1.73. The topological polar surface area (TPSA) is 56.7 Å². The fourth-order valence-corrected chi connectivity index (χ4v) is 2.84. The molecule has 96 valence electrons. The second-order valence-electron chi connectivity index (χ2n) is 6.24. The van der Waals surface area contributed by atoms with E-state index in [9.17, 15) is 0 Å². The lowest BCUT2D eigenvalue weighted by molar-refractivity contribution is 0.311. The molecule has 1 saturated carbocycles. The first-order chi connectivity index (χ1) is 7.98. The average Bonchev–Trinajstić information content (AvgIpc) is 2.75. The van der Waals surface area contributed by atoms with Gasteiger partial charge in [0.05, 0.1) is 0 Å². The smallest absolute Gasteiger partial charge is 0.138 e. The first-order valence-electron chi connectivity index (χ1n) is 6.61. The summed E-state index contributed by atoms with van der Waals surface area (Å²) in [6.07, 6.45) is 6.16. The molecule has 4 heteroatoms. The van der Waals surface area contributed by atoms with Gasteiger partial charge in [-0.3, -0.25) is 0 Å². The largest absolute Gasteiger partial charge is 0.328 e. The molecule has 2 rings (SSSR count). The van der Waals surface area contributed by atoms with Crippen molar-refractivity contribution >= 4 is 0 Å². The molecule has 0 radical (unpaired) electrons. The molecular formula is C13H24N4. The second-order valence-corrected chi connectivity index (χ2v) is 6.24. The van der Waals surface area contributed by atoms with Gasteiger partial charge in [-0.2, -0.15) is 5.10 Å². The zero-order valence-corrected chi connectivity index (χ0v) is 11.2. The summed E-state index contributed by atoms with van der Waals surface area (Å²) >= 11 is 0. The van der Waals surface area contributed by atoms with Crippen LogP contribution in [0, 0.1) is 11.3 Å². The Kier molecular flexibility index (Phi) is 3.52. The van der Waals surface area contributed by atoms with Crippen LogP contribution in [0.3, 0.4) is 0 Å². The standard InChI is InChI=1S/C13H24N4/c1-10(2)8-17-12(15-9-16-17)7-13(3)5-4-11(14)6-13/h9-11H,4-8,14H2,1-3H3. The van der Waals surface area contributed by atoms with Crippen molar-refractivity contribution in [3.8, 4) is 0 Å². The molecule has 0 aliphatic heterocycles. The van der Waals surface area contributed by atoms with E-state index in [-0.39, 0.29) is 0 Å². The fraction of sp³-hybridized carbons (Fsp3) is 0.846. The van der Waals surface area contributed by atoms with Crippen LogP contribution in [0.1, 0.15) is 45.9 Å². The van der Waals surface area contributed by atoms with E-state index in [1.807, 2.05) is 0 Å². The Labute approximate surface area is 104 Å². The summed E-state index contributed by atoms with van der Waals surface area (Å²) < 4.78 is 2.06. The molecule has 1 aliphatic rings. The first-order valence-corrected chi connectivity index (χ1v) is 6.61. The number of hydrogen-bond donors (Lipinski definition) is 1. The number of nitrogens with zero attached hydrogens (tertiary/aromatic N) is 3. The van der Waals surface area contributed by atoms with Crippen molar-refractivity contribution in [2.24, 2.45) is 17.1 Å². The highest BCUT2D eigenvalue weighted by Gasteiger charge is 2.34. The van der Waals surface area contributed by atoms with Crippen molar-refractivity contribution in [2.45, 2.75) is 59.0 Å². The lowest BCUT2D eigenvalue weighted by atomic mass is 9.84. The minimum Gasteiger partial charge on any atom is -0.328 e. The van der Waals surface area contributed by atoms with Crippen LogP contribution in [-0.2, 0) is 13.0 Å². The van der Waals surface area contributed by atoms with Gasteiger partial charge < -0.3 is 5.73 Å². The van der Waals surface area contributed by atoms with E-state index in [4.69, 9.17) is 5.73 Å². The van der Waals surface area contributed by atoms with E-state index in [1.165, 1.54) is 6.42 Å². The van der Waals surface area contributed by atoms with Gasteiger partial charge in [-0.05, 0) is 30.6 Å². The predicted octanol–water partition coefficient (Wildman–Crippen LogP) is 1.99. The van der Waals surface area contributed by atoms with E-state index in [1.54, 1.807) is 6.33 Å². The minimum absolute atomic E-state index is 0.321. The Morgan fingerprint density at radius 3 is 2.94 bits per heavy atom. The molecule has 1 heterocycles. The quantitative estimate of drug-likeness (QED) is 0.870. The van der Waals surface area contributed by atoms with Crippen LogP contribution in [0.25, 0.3) is 0 Å². The molecule has 17 heavy (non-hydrogen) atoms. The predicted molar refractivity (Wildman–Crippen MR) is 68.5 cm³/mol. The van der Waals surface area contributed by atoms with E-state index < -0.39 is 0 Å². The Balaban J connectivity index is 2.06. The third kappa shape index (κ3) is 3.06. The SMILES string of the molecule is CC(C)Cn1ncnc1CC1(C)CCC(N)C1. The second kappa shape index (κ2) is 4.77. The summed E-state index contributed by atoms with van der Waals surface area (Å²) in [5, 5.41) is 4.32. The van der Waals surface area contributed by atoms with Crippen LogP contribution < -0.4 is 5.73 Å². The first kappa shape index (κ1) is 12.6. The van der Waals surface area contributed by atoms with Gasteiger partial charge >= 0.3 is 0 Å². The number of rotatable bonds is 4. The molecule has 0 amide bonds.